The minimum atomic E-state index is -1.09. The highest BCUT2D eigenvalue weighted by Gasteiger charge is 2.27. The second-order valence-corrected chi connectivity index (χ2v) is 5.77. The summed E-state index contributed by atoms with van der Waals surface area (Å²) in [5.41, 5.74) is 0.106. The molecule has 2 rings (SSSR count). The van der Waals surface area contributed by atoms with Crippen molar-refractivity contribution in [3.05, 3.63) is 29.8 Å². The molecule has 0 aliphatic carbocycles. The maximum atomic E-state index is 13.4. The van der Waals surface area contributed by atoms with Gasteiger partial charge in [0.15, 0.2) is 11.6 Å². The van der Waals surface area contributed by atoms with Crippen molar-refractivity contribution in [1.82, 2.24) is 9.80 Å². The van der Waals surface area contributed by atoms with E-state index in [1.54, 1.807) is 6.92 Å². The molecule has 0 spiro atoms. The maximum absolute atomic E-state index is 13.4. The van der Waals surface area contributed by atoms with Crippen LogP contribution in [0.1, 0.15) is 13.8 Å². The normalized spacial score (nSPS) is 14.2. The fourth-order valence-corrected chi connectivity index (χ4v) is 2.63. The Morgan fingerprint density at radius 3 is 2.23 bits per heavy atom. The van der Waals surface area contributed by atoms with Crippen LogP contribution in [0.5, 0.6) is 0 Å². The lowest BCUT2D eigenvalue weighted by Gasteiger charge is -2.35. The molecule has 1 aromatic carbocycles. The van der Waals surface area contributed by atoms with Gasteiger partial charge in [-0.05, 0) is 19.1 Å². The molecule has 0 atom stereocenters. The molecule has 0 saturated carbocycles. The summed E-state index contributed by atoms with van der Waals surface area (Å²) in [6, 6.07) is 3.03. The lowest BCUT2D eigenvalue weighted by Crippen LogP contribution is -2.53. The molecular formula is C17H21F2N3O4. The van der Waals surface area contributed by atoms with Crippen LogP contribution in [-0.4, -0.2) is 67.0 Å². The van der Waals surface area contributed by atoms with Gasteiger partial charge in [-0.25, -0.2) is 13.6 Å². The summed E-state index contributed by atoms with van der Waals surface area (Å²) >= 11 is 0. The number of ether oxygens (including phenoxy) is 1. The highest BCUT2D eigenvalue weighted by atomic mass is 19.2. The second-order valence-electron chi connectivity index (χ2n) is 5.77. The monoisotopic (exact) mass is 369 g/mol. The van der Waals surface area contributed by atoms with Gasteiger partial charge >= 0.3 is 6.09 Å². The van der Waals surface area contributed by atoms with Crippen LogP contribution in [0.15, 0.2) is 18.2 Å². The van der Waals surface area contributed by atoms with Crippen molar-refractivity contribution in [1.29, 1.82) is 0 Å². The van der Waals surface area contributed by atoms with E-state index in [0.29, 0.717) is 26.2 Å². The number of carbonyl (C=O) groups is 3. The van der Waals surface area contributed by atoms with Crippen molar-refractivity contribution in [3.63, 3.8) is 0 Å². The zero-order valence-electron chi connectivity index (χ0n) is 14.7. The fraction of sp³-hybridized carbons (Fsp3) is 0.471. The number of carbonyl (C=O) groups excluding carboxylic acids is 3. The van der Waals surface area contributed by atoms with Crippen molar-refractivity contribution >= 4 is 23.6 Å². The van der Waals surface area contributed by atoms with Gasteiger partial charge in [-0.3, -0.25) is 9.59 Å². The van der Waals surface area contributed by atoms with E-state index in [-0.39, 0.29) is 24.7 Å². The molecular weight excluding hydrogens is 348 g/mol. The molecule has 0 aromatic heterocycles. The molecule has 1 saturated heterocycles. The molecule has 1 fully saturated rings. The number of hydrogen-bond donors (Lipinski definition) is 0. The Labute approximate surface area is 150 Å². The topological polar surface area (TPSA) is 70.2 Å². The third-order valence-electron chi connectivity index (χ3n) is 4.05. The molecule has 26 heavy (non-hydrogen) atoms. The predicted octanol–water partition coefficient (Wildman–Crippen LogP) is 1.62. The summed E-state index contributed by atoms with van der Waals surface area (Å²) in [7, 11) is 0. The molecule has 142 valence electrons. The number of hydrogen-bond acceptors (Lipinski definition) is 4. The van der Waals surface area contributed by atoms with Gasteiger partial charge in [0, 0.05) is 44.9 Å². The highest BCUT2D eigenvalue weighted by molar-refractivity contribution is 5.97. The van der Waals surface area contributed by atoms with Gasteiger partial charge in [-0.1, -0.05) is 0 Å². The number of rotatable bonds is 4. The standard InChI is InChI=1S/C17H21F2N3O4/c1-3-26-17(25)21-8-6-20(7-9-21)16(24)11-22(12(2)23)13-4-5-14(18)15(19)10-13/h4-5,10H,3,6-9,11H2,1-2H3. The Morgan fingerprint density at radius 1 is 1.08 bits per heavy atom. The summed E-state index contributed by atoms with van der Waals surface area (Å²) in [5.74, 6) is -2.93. The van der Waals surface area contributed by atoms with Crippen LogP contribution in [0.4, 0.5) is 19.3 Å². The summed E-state index contributed by atoms with van der Waals surface area (Å²) in [4.78, 5) is 40.1. The van der Waals surface area contributed by atoms with Gasteiger partial charge in [-0.15, -0.1) is 0 Å². The molecule has 1 aliphatic rings. The average Bonchev–Trinajstić information content (AvgIpc) is 2.62. The van der Waals surface area contributed by atoms with Crippen molar-refractivity contribution in [2.24, 2.45) is 0 Å². The zero-order valence-corrected chi connectivity index (χ0v) is 14.7. The first-order valence-electron chi connectivity index (χ1n) is 8.26. The molecule has 7 nitrogen and oxygen atoms in total. The molecule has 9 heteroatoms. The van der Waals surface area contributed by atoms with Crippen LogP contribution < -0.4 is 4.90 Å². The highest BCUT2D eigenvalue weighted by Crippen LogP contribution is 2.18. The summed E-state index contributed by atoms with van der Waals surface area (Å²) in [5, 5.41) is 0. The van der Waals surface area contributed by atoms with Gasteiger partial charge < -0.3 is 19.4 Å². The van der Waals surface area contributed by atoms with Crippen LogP contribution >= 0.6 is 0 Å². The van der Waals surface area contributed by atoms with Crippen LogP contribution in [-0.2, 0) is 14.3 Å². The van der Waals surface area contributed by atoms with Crippen LogP contribution in [0.2, 0.25) is 0 Å². The molecule has 1 aliphatic heterocycles. The Bertz CT molecular complexity index is 691. The van der Waals surface area contributed by atoms with E-state index < -0.39 is 23.6 Å². The number of halogens is 2. The third-order valence-corrected chi connectivity index (χ3v) is 4.05. The van der Waals surface area contributed by atoms with Crippen molar-refractivity contribution in [2.45, 2.75) is 13.8 Å². The first kappa shape index (κ1) is 19.6. The van der Waals surface area contributed by atoms with E-state index in [0.717, 1.165) is 17.0 Å². The quantitative estimate of drug-likeness (QED) is 0.809. The molecule has 0 N–H and O–H groups in total. The lowest BCUT2D eigenvalue weighted by atomic mass is 10.2. The number of anilines is 1. The minimum Gasteiger partial charge on any atom is -0.450 e. The van der Waals surface area contributed by atoms with E-state index in [4.69, 9.17) is 4.74 Å². The number of piperazine rings is 1. The van der Waals surface area contributed by atoms with E-state index in [2.05, 4.69) is 0 Å². The van der Waals surface area contributed by atoms with E-state index in [1.165, 1.54) is 22.8 Å². The van der Waals surface area contributed by atoms with Crippen molar-refractivity contribution < 1.29 is 27.9 Å². The summed E-state index contributed by atoms with van der Waals surface area (Å²) < 4.78 is 31.4. The van der Waals surface area contributed by atoms with Crippen LogP contribution in [0.25, 0.3) is 0 Å². The SMILES string of the molecule is CCOC(=O)N1CCN(C(=O)CN(C(C)=O)c2ccc(F)c(F)c2)CC1. The Kier molecular flexibility index (Phi) is 6.48. The van der Waals surface area contributed by atoms with Crippen molar-refractivity contribution in [2.75, 3.05) is 44.2 Å². The third kappa shape index (κ3) is 4.68. The Hall–Kier alpha value is -2.71. The molecule has 1 aromatic rings. The lowest BCUT2D eigenvalue weighted by molar-refractivity contribution is -0.132. The molecule has 0 unspecified atom stereocenters. The van der Waals surface area contributed by atoms with E-state index >= 15 is 0 Å². The van der Waals surface area contributed by atoms with Crippen molar-refractivity contribution in [3.8, 4) is 0 Å². The first-order valence-corrected chi connectivity index (χ1v) is 8.26. The molecule has 0 radical (unpaired) electrons. The van der Waals surface area contributed by atoms with Gasteiger partial charge in [0.25, 0.3) is 0 Å². The Morgan fingerprint density at radius 2 is 1.69 bits per heavy atom. The zero-order chi connectivity index (χ0) is 19.3. The smallest absolute Gasteiger partial charge is 0.409 e. The minimum absolute atomic E-state index is 0.106. The average molecular weight is 369 g/mol. The van der Waals surface area contributed by atoms with Gasteiger partial charge in [0.1, 0.15) is 6.54 Å². The van der Waals surface area contributed by atoms with Gasteiger partial charge in [0.2, 0.25) is 11.8 Å². The molecule has 0 bridgehead atoms. The van der Waals surface area contributed by atoms with E-state index in [1.807, 2.05) is 0 Å². The summed E-state index contributed by atoms with van der Waals surface area (Å²) in [6.07, 6.45) is -0.424. The van der Waals surface area contributed by atoms with Gasteiger partial charge in [0.05, 0.1) is 6.61 Å². The van der Waals surface area contributed by atoms with Crippen LogP contribution in [0.3, 0.4) is 0 Å². The molecule has 1 heterocycles. The number of benzene rings is 1. The van der Waals surface area contributed by atoms with Gasteiger partial charge in [-0.2, -0.15) is 0 Å². The number of nitrogens with zero attached hydrogens (tertiary/aromatic N) is 3. The van der Waals surface area contributed by atoms with E-state index in [9.17, 15) is 23.2 Å². The largest absolute Gasteiger partial charge is 0.450 e. The second kappa shape index (κ2) is 8.59. The molecule has 3 amide bonds. The fourth-order valence-electron chi connectivity index (χ4n) is 2.63. The van der Waals surface area contributed by atoms with Crippen LogP contribution in [0, 0.1) is 11.6 Å². The Balaban J connectivity index is 1.99. The predicted molar refractivity (Wildman–Crippen MR) is 89.6 cm³/mol. The first-order chi connectivity index (χ1) is 12.3. The summed E-state index contributed by atoms with van der Waals surface area (Å²) in [6.45, 7) is 4.22. The maximum Gasteiger partial charge on any atom is 0.409 e. The number of amides is 3.